The largest absolute Gasteiger partial charge is 0.375 e. The highest BCUT2D eigenvalue weighted by Crippen LogP contribution is 2.13. The molecule has 0 aromatic carbocycles. The van der Waals surface area contributed by atoms with Crippen LogP contribution in [0.25, 0.3) is 0 Å². The van der Waals surface area contributed by atoms with Gasteiger partial charge < -0.3 is 15.0 Å². The number of hydrogen-bond acceptors (Lipinski definition) is 3. The summed E-state index contributed by atoms with van der Waals surface area (Å²) in [6.45, 7) is 14.9. The molecule has 1 N–H and O–H groups in total. The zero-order valence-electron chi connectivity index (χ0n) is 13.8. The molecule has 0 radical (unpaired) electrons. The fourth-order valence-electron chi connectivity index (χ4n) is 1.44. The summed E-state index contributed by atoms with van der Waals surface area (Å²) in [4.78, 5) is 2.22. The van der Waals surface area contributed by atoms with E-state index in [-0.39, 0.29) is 11.1 Å². The molecule has 0 aromatic rings. The van der Waals surface area contributed by atoms with E-state index in [1.807, 2.05) is 0 Å². The Morgan fingerprint density at radius 1 is 1.11 bits per heavy atom. The van der Waals surface area contributed by atoms with Crippen molar-refractivity contribution in [1.82, 2.24) is 10.2 Å². The normalized spacial score (nSPS) is 15.2. The second kappa shape index (κ2) is 7.46. The molecule has 3 heteroatoms. The van der Waals surface area contributed by atoms with Gasteiger partial charge in [0.15, 0.2) is 0 Å². The number of likely N-dealkylation sites (N-methyl/N-ethyl adjacent to an activating group) is 1. The van der Waals surface area contributed by atoms with Crippen molar-refractivity contribution < 1.29 is 4.74 Å². The molecule has 0 rings (SSSR count). The highest BCUT2D eigenvalue weighted by Gasteiger charge is 2.23. The molecule has 1 atom stereocenters. The molecule has 0 spiro atoms. The zero-order valence-corrected chi connectivity index (χ0v) is 13.8. The molecule has 110 valence electrons. The van der Waals surface area contributed by atoms with Gasteiger partial charge in [-0.2, -0.15) is 0 Å². The summed E-state index contributed by atoms with van der Waals surface area (Å²) in [6.07, 6.45) is 2.60. The Morgan fingerprint density at radius 3 is 2.06 bits per heavy atom. The molecule has 0 aromatic heterocycles. The van der Waals surface area contributed by atoms with Crippen LogP contribution in [0.5, 0.6) is 0 Å². The Kier molecular flexibility index (Phi) is 7.41. The van der Waals surface area contributed by atoms with Crippen molar-refractivity contribution in [2.24, 2.45) is 0 Å². The summed E-state index contributed by atoms with van der Waals surface area (Å²) >= 11 is 0. The topological polar surface area (TPSA) is 24.5 Å². The average molecular weight is 258 g/mol. The van der Waals surface area contributed by atoms with Crippen LogP contribution in [0.3, 0.4) is 0 Å². The van der Waals surface area contributed by atoms with Crippen LogP contribution in [-0.2, 0) is 4.74 Å². The predicted molar refractivity (Wildman–Crippen MR) is 80.2 cm³/mol. The van der Waals surface area contributed by atoms with Gasteiger partial charge >= 0.3 is 0 Å². The van der Waals surface area contributed by atoms with Crippen LogP contribution in [0, 0.1) is 0 Å². The van der Waals surface area contributed by atoms with Crippen molar-refractivity contribution >= 4 is 0 Å². The fraction of sp³-hybridized carbons (Fsp3) is 1.00. The lowest BCUT2D eigenvalue weighted by molar-refractivity contribution is -0.0165. The fourth-order valence-corrected chi connectivity index (χ4v) is 1.44. The van der Waals surface area contributed by atoms with E-state index in [0.717, 1.165) is 19.6 Å². The smallest absolute Gasteiger partial charge is 0.0700 e. The van der Waals surface area contributed by atoms with Crippen LogP contribution in [0.4, 0.5) is 0 Å². The van der Waals surface area contributed by atoms with Gasteiger partial charge in [-0.05, 0) is 55.1 Å². The number of nitrogens with zero attached hydrogens (tertiary/aromatic N) is 1. The molecular weight excluding hydrogens is 224 g/mol. The molecule has 0 aliphatic heterocycles. The minimum Gasteiger partial charge on any atom is -0.375 e. The molecule has 0 aliphatic carbocycles. The summed E-state index contributed by atoms with van der Waals surface area (Å²) < 4.78 is 6.10. The van der Waals surface area contributed by atoms with E-state index in [2.05, 4.69) is 65.9 Å². The molecule has 18 heavy (non-hydrogen) atoms. The summed E-state index contributed by atoms with van der Waals surface area (Å²) in [5.74, 6) is 0. The number of nitrogens with one attached hydrogen (secondary N) is 1. The van der Waals surface area contributed by atoms with E-state index < -0.39 is 0 Å². The van der Waals surface area contributed by atoms with Gasteiger partial charge in [-0.3, -0.25) is 0 Å². The number of ether oxygens (including phenoxy) is 1. The van der Waals surface area contributed by atoms with Crippen molar-refractivity contribution in [2.45, 2.75) is 71.6 Å². The highest BCUT2D eigenvalue weighted by molar-refractivity contribution is 4.78. The second-order valence-electron chi connectivity index (χ2n) is 7.06. The van der Waals surface area contributed by atoms with E-state index in [0.29, 0.717) is 6.10 Å². The average Bonchev–Trinajstić information content (AvgIpc) is 2.20. The minimum absolute atomic E-state index is 0.0910. The number of rotatable bonds is 8. The van der Waals surface area contributed by atoms with Crippen LogP contribution < -0.4 is 5.32 Å². The lowest BCUT2D eigenvalue weighted by Gasteiger charge is -2.34. The Balaban J connectivity index is 4.20. The predicted octanol–water partition coefficient (Wildman–Crippen LogP) is 2.90. The summed E-state index contributed by atoms with van der Waals surface area (Å²) in [5.41, 5.74) is 0.250. The molecule has 0 bridgehead atoms. The van der Waals surface area contributed by atoms with Gasteiger partial charge in [0.25, 0.3) is 0 Å². The van der Waals surface area contributed by atoms with Gasteiger partial charge in [-0.15, -0.1) is 0 Å². The van der Waals surface area contributed by atoms with Gasteiger partial charge in [-0.1, -0.05) is 13.3 Å². The van der Waals surface area contributed by atoms with Crippen LogP contribution >= 0.6 is 0 Å². The molecule has 0 heterocycles. The zero-order chi connectivity index (χ0) is 14.4. The summed E-state index contributed by atoms with van der Waals surface area (Å²) in [5, 5.41) is 3.53. The molecule has 3 nitrogen and oxygen atoms in total. The molecule has 1 unspecified atom stereocenters. The van der Waals surface area contributed by atoms with Gasteiger partial charge in [0, 0.05) is 17.6 Å². The number of hydrogen-bond donors (Lipinski definition) is 1. The molecule has 0 fully saturated rings. The third kappa shape index (κ3) is 8.06. The van der Waals surface area contributed by atoms with Crippen molar-refractivity contribution in [3.8, 4) is 0 Å². The van der Waals surface area contributed by atoms with Crippen LogP contribution in [0.15, 0.2) is 0 Å². The monoisotopic (exact) mass is 258 g/mol. The van der Waals surface area contributed by atoms with E-state index in [4.69, 9.17) is 4.74 Å². The second-order valence-corrected chi connectivity index (χ2v) is 7.06. The van der Waals surface area contributed by atoms with E-state index >= 15 is 0 Å². The maximum Gasteiger partial charge on any atom is 0.0700 e. The Labute approximate surface area is 114 Å². The molecule has 0 aliphatic rings. The van der Waals surface area contributed by atoms with Gasteiger partial charge in [0.1, 0.15) is 0 Å². The van der Waals surface area contributed by atoms with Crippen LogP contribution in [0.1, 0.15) is 54.4 Å². The summed E-state index contributed by atoms with van der Waals surface area (Å²) in [7, 11) is 4.21. The first-order chi connectivity index (χ1) is 8.08. The van der Waals surface area contributed by atoms with E-state index in [9.17, 15) is 0 Å². The van der Waals surface area contributed by atoms with Crippen molar-refractivity contribution in [1.29, 1.82) is 0 Å². The van der Waals surface area contributed by atoms with Gasteiger partial charge in [0.2, 0.25) is 0 Å². The molecule has 0 saturated carbocycles. The Hall–Kier alpha value is -0.120. The quantitative estimate of drug-likeness (QED) is 0.724. The third-order valence-electron chi connectivity index (χ3n) is 3.35. The minimum atomic E-state index is 0.0910. The van der Waals surface area contributed by atoms with Gasteiger partial charge in [-0.25, -0.2) is 0 Å². The van der Waals surface area contributed by atoms with Gasteiger partial charge in [0.05, 0.1) is 12.7 Å². The van der Waals surface area contributed by atoms with E-state index in [1.165, 1.54) is 6.42 Å². The maximum atomic E-state index is 6.10. The lowest BCUT2D eigenvalue weighted by atomic mass is 10.1. The Bertz CT molecular complexity index is 219. The summed E-state index contributed by atoms with van der Waals surface area (Å²) in [6, 6.07) is 0. The molecular formula is C15H34N2O. The third-order valence-corrected chi connectivity index (χ3v) is 3.35. The van der Waals surface area contributed by atoms with Crippen molar-refractivity contribution in [2.75, 3.05) is 27.2 Å². The van der Waals surface area contributed by atoms with E-state index in [1.54, 1.807) is 0 Å². The standard InChI is InChI=1S/C15H34N2O/c1-9-10-13(11-16-14(2,3)4)18-12-15(5,6)17(7)8/h13,16H,9-12H2,1-8H3. The molecule has 0 saturated heterocycles. The van der Waals surface area contributed by atoms with Crippen LogP contribution in [0.2, 0.25) is 0 Å². The molecule has 0 amide bonds. The van der Waals surface area contributed by atoms with Crippen LogP contribution in [-0.4, -0.2) is 49.3 Å². The first-order valence-electron chi connectivity index (χ1n) is 7.12. The van der Waals surface area contributed by atoms with Crippen molar-refractivity contribution in [3.63, 3.8) is 0 Å². The Morgan fingerprint density at radius 2 is 1.67 bits per heavy atom. The highest BCUT2D eigenvalue weighted by atomic mass is 16.5. The first-order valence-corrected chi connectivity index (χ1v) is 7.12. The lowest BCUT2D eigenvalue weighted by Crippen LogP contribution is -2.46. The van der Waals surface area contributed by atoms with Crippen molar-refractivity contribution in [3.05, 3.63) is 0 Å². The first kappa shape index (κ1) is 17.9. The maximum absolute atomic E-state index is 6.10. The SMILES string of the molecule is CCCC(CNC(C)(C)C)OCC(C)(C)N(C)C.